The second-order valence-corrected chi connectivity index (χ2v) is 9.52. The lowest BCUT2D eigenvalue weighted by atomic mass is 9.98. The summed E-state index contributed by atoms with van der Waals surface area (Å²) in [6.07, 6.45) is 4.83. The summed E-state index contributed by atoms with van der Waals surface area (Å²) in [5.74, 6) is -0.805. The van der Waals surface area contributed by atoms with E-state index in [1.54, 1.807) is 4.90 Å². The molecule has 0 spiro atoms. The molecular weight excluding hydrogens is 410 g/mol. The van der Waals surface area contributed by atoms with Crippen LogP contribution in [0.1, 0.15) is 80.8 Å². The largest absolute Gasteiger partial charge is 0.450 e. The van der Waals surface area contributed by atoms with Gasteiger partial charge in [0, 0.05) is 24.1 Å². The predicted molar refractivity (Wildman–Crippen MR) is 119 cm³/mol. The van der Waals surface area contributed by atoms with Gasteiger partial charge in [-0.2, -0.15) is 0 Å². The number of hydrogen-bond acceptors (Lipinski definition) is 5. The second kappa shape index (κ2) is 10.1. The van der Waals surface area contributed by atoms with Crippen molar-refractivity contribution in [3.63, 3.8) is 0 Å². The molecule has 1 saturated heterocycles. The maximum Gasteiger partial charge on any atom is 0.407 e. The predicted octanol–water partition coefficient (Wildman–Crippen LogP) is 3.08. The van der Waals surface area contributed by atoms with Crippen LogP contribution >= 0.6 is 0 Å². The monoisotopic (exact) mass is 443 g/mol. The fourth-order valence-electron chi connectivity index (χ4n) is 4.16. The van der Waals surface area contributed by atoms with Crippen LogP contribution in [0.4, 0.5) is 4.79 Å². The highest BCUT2D eigenvalue weighted by Crippen LogP contribution is 2.30. The van der Waals surface area contributed by atoms with E-state index in [-0.39, 0.29) is 35.8 Å². The standard InChI is InChI=1S/C24H33N3O5/c1-24(2,3)26-23(31)32-14-7-5-4-6-9-16-10-8-11-17-18(16)15-27(22(17)30)19-12-13-20(28)25-21(19)29/h8,10-11,19H,4-7,9,12-15H2,1-3H3,(H,26,31)(H,25,28,29). The van der Waals surface area contributed by atoms with E-state index >= 15 is 0 Å². The Bertz CT molecular complexity index is 890. The highest BCUT2D eigenvalue weighted by molar-refractivity contribution is 6.05. The fraction of sp³-hybridized carbons (Fsp3) is 0.583. The number of imide groups is 1. The van der Waals surface area contributed by atoms with E-state index in [4.69, 9.17) is 4.74 Å². The Morgan fingerprint density at radius 2 is 1.91 bits per heavy atom. The quantitative estimate of drug-likeness (QED) is 0.475. The van der Waals surface area contributed by atoms with Gasteiger partial charge in [-0.15, -0.1) is 0 Å². The van der Waals surface area contributed by atoms with Gasteiger partial charge in [0.15, 0.2) is 0 Å². The third kappa shape index (κ3) is 6.08. The van der Waals surface area contributed by atoms with E-state index < -0.39 is 6.04 Å². The molecule has 1 aromatic carbocycles. The van der Waals surface area contributed by atoms with Gasteiger partial charge in [0.2, 0.25) is 11.8 Å². The van der Waals surface area contributed by atoms with Gasteiger partial charge in [0.1, 0.15) is 6.04 Å². The Kier molecular flexibility index (Phi) is 7.53. The summed E-state index contributed by atoms with van der Waals surface area (Å²) < 4.78 is 5.19. The van der Waals surface area contributed by atoms with Crippen molar-refractivity contribution >= 4 is 23.8 Å². The Morgan fingerprint density at radius 1 is 1.16 bits per heavy atom. The first-order valence-electron chi connectivity index (χ1n) is 11.4. The van der Waals surface area contributed by atoms with Gasteiger partial charge in [0.05, 0.1) is 6.61 Å². The zero-order chi connectivity index (χ0) is 23.3. The molecule has 2 N–H and O–H groups in total. The number of unbranched alkanes of at least 4 members (excludes halogenated alkanes) is 3. The lowest BCUT2D eigenvalue weighted by Crippen LogP contribution is -2.52. The lowest BCUT2D eigenvalue weighted by Gasteiger charge is -2.29. The van der Waals surface area contributed by atoms with Gasteiger partial charge in [-0.1, -0.05) is 25.0 Å². The number of fused-ring (bicyclic) bond motifs is 1. The van der Waals surface area contributed by atoms with Crippen LogP contribution in [0.15, 0.2) is 18.2 Å². The van der Waals surface area contributed by atoms with Gasteiger partial charge in [-0.25, -0.2) is 4.79 Å². The number of piperidine rings is 1. The number of carbonyl (C=O) groups is 4. The minimum atomic E-state index is -0.587. The van der Waals surface area contributed by atoms with Crippen LogP contribution in [0.2, 0.25) is 0 Å². The highest BCUT2D eigenvalue weighted by atomic mass is 16.5. The van der Waals surface area contributed by atoms with E-state index in [1.165, 1.54) is 0 Å². The third-order valence-electron chi connectivity index (χ3n) is 5.73. The van der Waals surface area contributed by atoms with Crippen molar-refractivity contribution in [2.24, 2.45) is 0 Å². The molecule has 3 rings (SSSR count). The van der Waals surface area contributed by atoms with Gasteiger partial charge in [-0.3, -0.25) is 19.7 Å². The van der Waals surface area contributed by atoms with Crippen LogP contribution in [-0.2, 0) is 27.3 Å². The number of nitrogens with one attached hydrogen (secondary N) is 2. The Balaban J connectivity index is 1.44. The summed E-state index contributed by atoms with van der Waals surface area (Å²) in [7, 11) is 0. The summed E-state index contributed by atoms with van der Waals surface area (Å²) in [6, 6.07) is 5.16. The molecule has 174 valence electrons. The summed E-state index contributed by atoms with van der Waals surface area (Å²) in [4.78, 5) is 49.8. The van der Waals surface area contributed by atoms with E-state index in [0.717, 1.165) is 43.2 Å². The van der Waals surface area contributed by atoms with Crippen LogP contribution in [0, 0.1) is 0 Å². The summed E-state index contributed by atoms with van der Waals surface area (Å²) >= 11 is 0. The normalized spacial score (nSPS) is 18.4. The van der Waals surface area contributed by atoms with Crippen LogP contribution in [0.3, 0.4) is 0 Å². The number of benzene rings is 1. The molecule has 8 heteroatoms. The Labute approximate surface area is 189 Å². The van der Waals surface area contributed by atoms with Crippen molar-refractivity contribution in [2.45, 2.75) is 83.8 Å². The van der Waals surface area contributed by atoms with E-state index in [9.17, 15) is 19.2 Å². The minimum Gasteiger partial charge on any atom is -0.450 e. The molecule has 8 nitrogen and oxygen atoms in total. The van der Waals surface area contributed by atoms with E-state index in [2.05, 4.69) is 10.6 Å². The number of alkyl carbamates (subject to hydrolysis) is 1. The number of amides is 4. The van der Waals surface area contributed by atoms with Crippen LogP contribution in [0.25, 0.3) is 0 Å². The van der Waals surface area contributed by atoms with E-state index in [0.29, 0.717) is 25.1 Å². The van der Waals surface area contributed by atoms with E-state index in [1.807, 2.05) is 39.0 Å². The van der Waals surface area contributed by atoms with Gasteiger partial charge in [-0.05, 0) is 63.6 Å². The topological polar surface area (TPSA) is 105 Å². The summed E-state index contributed by atoms with van der Waals surface area (Å²) in [6.45, 7) is 6.54. The first-order valence-corrected chi connectivity index (χ1v) is 11.4. The zero-order valence-electron chi connectivity index (χ0n) is 19.2. The first kappa shape index (κ1) is 23.8. The minimum absolute atomic E-state index is 0.137. The maximum absolute atomic E-state index is 12.9. The van der Waals surface area contributed by atoms with Gasteiger partial charge >= 0.3 is 6.09 Å². The average Bonchev–Trinajstić information content (AvgIpc) is 3.03. The number of carbonyl (C=O) groups excluding carboxylic acids is 4. The van der Waals surface area contributed by atoms with Crippen LogP contribution < -0.4 is 10.6 Å². The molecule has 0 aromatic heterocycles. The molecule has 4 amide bonds. The molecule has 2 aliphatic rings. The molecule has 2 aliphatic heterocycles. The molecule has 0 aliphatic carbocycles. The molecule has 1 aromatic rings. The van der Waals surface area contributed by atoms with Crippen molar-refractivity contribution in [2.75, 3.05) is 6.61 Å². The van der Waals surface area contributed by atoms with Crippen molar-refractivity contribution in [1.29, 1.82) is 0 Å². The summed E-state index contributed by atoms with van der Waals surface area (Å²) in [5.41, 5.74) is 2.48. The van der Waals surface area contributed by atoms with Gasteiger partial charge in [0.25, 0.3) is 5.91 Å². The van der Waals surface area contributed by atoms with Crippen LogP contribution in [-0.4, -0.2) is 46.9 Å². The Morgan fingerprint density at radius 3 is 2.62 bits per heavy atom. The van der Waals surface area contributed by atoms with Crippen molar-refractivity contribution < 1.29 is 23.9 Å². The molecular formula is C24H33N3O5. The highest BCUT2D eigenvalue weighted by Gasteiger charge is 2.39. The number of hydrogen-bond donors (Lipinski definition) is 2. The van der Waals surface area contributed by atoms with Crippen molar-refractivity contribution in [3.05, 3.63) is 34.9 Å². The average molecular weight is 444 g/mol. The van der Waals surface area contributed by atoms with Crippen molar-refractivity contribution in [3.8, 4) is 0 Å². The molecule has 0 bridgehead atoms. The van der Waals surface area contributed by atoms with Crippen molar-refractivity contribution in [1.82, 2.24) is 15.5 Å². The number of aryl methyl sites for hydroxylation is 1. The molecule has 1 fully saturated rings. The smallest absolute Gasteiger partial charge is 0.407 e. The molecule has 0 saturated carbocycles. The Hall–Kier alpha value is -2.90. The molecule has 1 unspecified atom stereocenters. The number of rotatable bonds is 8. The SMILES string of the molecule is CC(C)(C)NC(=O)OCCCCCCc1cccc2c1CN(C1CCC(=O)NC1=O)C2=O. The summed E-state index contributed by atoms with van der Waals surface area (Å²) in [5, 5.41) is 5.11. The zero-order valence-corrected chi connectivity index (χ0v) is 19.2. The van der Waals surface area contributed by atoms with Gasteiger partial charge < -0.3 is 15.0 Å². The number of nitrogens with zero attached hydrogens (tertiary/aromatic N) is 1. The fourth-order valence-corrected chi connectivity index (χ4v) is 4.16. The third-order valence-corrected chi connectivity index (χ3v) is 5.73. The molecule has 32 heavy (non-hydrogen) atoms. The first-order chi connectivity index (χ1) is 15.2. The lowest BCUT2D eigenvalue weighted by molar-refractivity contribution is -0.136. The number of ether oxygens (including phenoxy) is 1. The molecule has 2 heterocycles. The maximum atomic E-state index is 12.9. The second-order valence-electron chi connectivity index (χ2n) is 9.52. The van der Waals surface area contributed by atoms with Crippen LogP contribution in [0.5, 0.6) is 0 Å². The molecule has 1 atom stereocenters. The molecule has 0 radical (unpaired) electrons.